The lowest BCUT2D eigenvalue weighted by molar-refractivity contribution is -0.154. The van der Waals surface area contributed by atoms with Crippen LogP contribution in [0.25, 0.3) is 0 Å². The zero-order valence-electron chi connectivity index (χ0n) is 15.0. The molecule has 0 bridgehead atoms. The number of hydrogen-bond acceptors (Lipinski definition) is 5. The second kappa shape index (κ2) is 6.26. The van der Waals surface area contributed by atoms with Gasteiger partial charge in [0.15, 0.2) is 0 Å². The van der Waals surface area contributed by atoms with E-state index in [0.29, 0.717) is 12.8 Å². The van der Waals surface area contributed by atoms with Crippen LogP contribution in [-0.2, 0) is 19.1 Å². The summed E-state index contributed by atoms with van der Waals surface area (Å²) in [5.41, 5.74) is 0.792. The van der Waals surface area contributed by atoms with Gasteiger partial charge in [-0.3, -0.25) is 24.6 Å². The first kappa shape index (κ1) is 17.6. The molecule has 0 aliphatic carbocycles. The van der Waals surface area contributed by atoms with Crippen molar-refractivity contribution in [1.29, 1.82) is 0 Å². The zero-order chi connectivity index (χ0) is 18.4. The molecular formula is C19H24N2O4. The number of methoxy groups -OCH3 is 1. The molecule has 134 valence electrons. The number of rotatable bonds is 4. The molecule has 2 saturated heterocycles. The first-order valence-electron chi connectivity index (χ1n) is 8.62. The van der Waals surface area contributed by atoms with Crippen molar-refractivity contribution in [3.05, 3.63) is 35.4 Å². The van der Waals surface area contributed by atoms with E-state index < -0.39 is 29.4 Å². The molecule has 3 rings (SSSR count). The van der Waals surface area contributed by atoms with E-state index in [0.717, 1.165) is 16.0 Å². The Kier molecular flexibility index (Phi) is 4.41. The summed E-state index contributed by atoms with van der Waals surface area (Å²) in [6.07, 6.45) is 1.13. The van der Waals surface area contributed by atoms with Crippen molar-refractivity contribution in [2.45, 2.75) is 38.3 Å². The number of esters is 1. The van der Waals surface area contributed by atoms with E-state index in [4.69, 9.17) is 4.74 Å². The summed E-state index contributed by atoms with van der Waals surface area (Å²) in [6, 6.07) is 7.35. The van der Waals surface area contributed by atoms with Crippen LogP contribution in [0.5, 0.6) is 0 Å². The Bertz CT molecular complexity index is 732. The Labute approximate surface area is 147 Å². The normalized spacial score (nSPS) is 31.4. The third-order valence-corrected chi connectivity index (χ3v) is 5.59. The van der Waals surface area contributed by atoms with Gasteiger partial charge in [-0.2, -0.15) is 0 Å². The number of nitrogens with zero attached hydrogens (tertiary/aromatic N) is 1. The van der Waals surface area contributed by atoms with Crippen LogP contribution in [0.3, 0.4) is 0 Å². The van der Waals surface area contributed by atoms with Crippen LogP contribution in [0.2, 0.25) is 0 Å². The molecule has 4 atom stereocenters. The van der Waals surface area contributed by atoms with E-state index in [1.165, 1.54) is 14.2 Å². The van der Waals surface area contributed by atoms with Crippen molar-refractivity contribution in [3.63, 3.8) is 0 Å². The van der Waals surface area contributed by atoms with Crippen LogP contribution >= 0.6 is 0 Å². The molecule has 1 N–H and O–H groups in total. The molecule has 2 amide bonds. The van der Waals surface area contributed by atoms with E-state index in [2.05, 4.69) is 5.32 Å². The summed E-state index contributed by atoms with van der Waals surface area (Å²) in [5.74, 6) is -2.35. The fourth-order valence-corrected chi connectivity index (χ4v) is 4.45. The van der Waals surface area contributed by atoms with Crippen molar-refractivity contribution < 1.29 is 19.1 Å². The van der Waals surface area contributed by atoms with Crippen LogP contribution < -0.4 is 5.32 Å². The minimum Gasteiger partial charge on any atom is -0.468 e. The van der Waals surface area contributed by atoms with Gasteiger partial charge in [0, 0.05) is 13.1 Å². The molecular weight excluding hydrogens is 320 g/mol. The number of amides is 2. The van der Waals surface area contributed by atoms with Gasteiger partial charge < -0.3 is 4.74 Å². The number of carbonyl (C=O) groups is 3. The van der Waals surface area contributed by atoms with E-state index >= 15 is 0 Å². The molecule has 2 fully saturated rings. The number of ether oxygens (including phenoxy) is 1. The Balaban J connectivity index is 2.17. The number of likely N-dealkylation sites (tertiary alicyclic amines) is 1. The maximum atomic E-state index is 12.8. The maximum Gasteiger partial charge on any atom is 0.326 e. The number of carbonyl (C=O) groups excluding carboxylic acids is 3. The van der Waals surface area contributed by atoms with E-state index in [1.54, 1.807) is 0 Å². The van der Waals surface area contributed by atoms with Crippen molar-refractivity contribution >= 4 is 17.8 Å². The fourth-order valence-electron chi connectivity index (χ4n) is 4.45. The van der Waals surface area contributed by atoms with Gasteiger partial charge in [0.05, 0.1) is 18.9 Å². The highest BCUT2D eigenvalue weighted by Gasteiger charge is 2.67. The Hall–Kier alpha value is -2.21. The largest absolute Gasteiger partial charge is 0.468 e. The number of fused-ring (bicyclic) bond motifs is 1. The molecule has 6 heteroatoms. The highest BCUT2D eigenvalue weighted by molar-refractivity contribution is 6.09. The zero-order valence-corrected chi connectivity index (χ0v) is 15.0. The van der Waals surface area contributed by atoms with Gasteiger partial charge >= 0.3 is 5.97 Å². The van der Waals surface area contributed by atoms with Crippen LogP contribution in [0, 0.1) is 18.8 Å². The predicted molar refractivity (Wildman–Crippen MR) is 91.5 cm³/mol. The van der Waals surface area contributed by atoms with E-state index in [9.17, 15) is 14.4 Å². The molecule has 0 saturated carbocycles. The molecule has 0 radical (unpaired) electrons. The highest BCUT2D eigenvalue weighted by Crippen LogP contribution is 2.50. The maximum absolute atomic E-state index is 12.8. The van der Waals surface area contributed by atoms with Crippen molar-refractivity contribution in [2.24, 2.45) is 11.8 Å². The quantitative estimate of drug-likeness (QED) is 0.663. The first-order chi connectivity index (χ1) is 11.9. The highest BCUT2D eigenvalue weighted by atomic mass is 16.5. The summed E-state index contributed by atoms with van der Waals surface area (Å²) in [7, 11) is 2.81. The van der Waals surface area contributed by atoms with Crippen LogP contribution in [-0.4, -0.2) is 42.4 Å². The average molecular weight is 344 g/mol. The van der Waals surface area contributed by atoms with E-state index in [1.807, 2.05) is 38.1 Å². The van der Waals surface area contributed by atoms with Crippen molar-refractivity contribution in [3.8, 4) is 0 Å². The lowest BCUT2D eigenvalue weighted by atomic mass is 9.77. The lowest BCUT2D eigenvalue weighted by Gasteiger charge is -2.32. The Morgan fingerprint density at radius 1 is 1.28 bits per heavy atom. The second-order valence-corrected chi connectivity index (χ2v) is 6.93. The molecule has 1 aromatic carbocycles. The minimum atomic E-state index is -1.17. The topological polar surface area (TPSA) is 75.7 Å². The van der Waals surface area contributed by atoms with Crippen LogP contribution in [0.1, 0.15) is 36.9 Å². The Morgan fingerprint density at radius 2 is 1.96 bits per heavy atom. The molecule has 2 aliphatic heterocycles. The molecule has 2 aliphatic rings. The number of aryl methyl sites for hydroxylation is 1. The fraction of sp³-hybridized carbons (Fsp3) is 0.526. The van der Waals surface area contributed by atoms with Gasteiger partial charge in [-0.15, -0.1) is 0 Å². The van der Waals surface area contributed by atoms with Gasteiger partial charge in [0.25, 0.3) is 0 Å². The van der Waals surface area contributed by atoms with Crippen LogP contribution in [0.4, 0.5) is 0 Å². The lowest BCUT2D eigenvalue weighted by Crippen LogP contribution is -2.56. The number of hydrogen-bond donors (Lipinski definition) is 1. The summed E-state index contributed by atoms with van der Waals surface area (Å²) in [4.78, 5) is 39.5. The minimum absolute atomic E-state index is 0.238. The molecule has 2 heterocycles. The van der Waals surface area contributed by atoms with Gasteiger partial charge in [0.1, 0.15) is 5.54 Å². The molecule has 0 aromatic heterocycles. The second-order valence-electron chi connectivity index (χ2n) is 6.93. The van der Waals surface area contributed by atoms with Gasteiger partial charge in [-0.25, -0.2) is 0 Å². The summed E-state index contributed by atoms with van der Waals surface area (Å²) in [6.45, 7) is 3.92. The molecule has 6 nitrogen and oxygen atoms in total. The standard InChI is InChI=1S/C19H24N2O4/c1-5-10-19(18(24)25-4)14-13(16(22)21(3)17(14)23)15(20-19)12-9-7-6-8-11(12)2/h6-9,13-15,20H,5,10H2,1-4H3/t13-,14-,15-,19-/m0/s1. The first-order valence-corrected chi connectivity index (χ1v) is 8.62. The van der Waals surface area contributed by atoms with Gasteiger partial charge in [-0.1, -0.05) is 37.6 Å². The monoisotopic (exact) mass is 344 g/mol. The number of benzene rings is 1. The van der Waals surface area contributed by atoms with E-state index in [-0.39, 0.29) is 11.8 Å². The SMILES string of the molecule is CCC[C@]1(C(=O)OC)N[C@@H](c2ccccc2C)[C@H]2C(=O)N(C)C(=O)[C@H]21. The smallest absolute Gasteiger partial charge is 0.326 e. The molecule has 0 spiro atoms. The molecule has 0 unspecified atom stereocenters. The third kappa shape index (κ3) is 2.39. The predicted octanol–water partition coefficient (Wildman–Crippen LogP) is 1.58. The van der Waals surface area contributed by atoms with Crippen molar-refractivity contribution in [1.82, 2.24) is 10.2 Å². The van der Waals surface area contributed by atoms with Gasteiger partial charge in [-0.05, 0) is 24.5 Å². The third-order valence-electron chi connectivity index (χ3n) is 5.59. The summed E-state index contributed by atoms with van der Waals surface area (Å²) >= 11 is 0. The summed E-state index contributed by atoms with van der Waals surface area (Å²) < 4.78 is 5.05. The molecule has 1 aromatic rings. The summed E-state index contributed by atoms with van der Waals surface area (Å²) in [5, 5.41) is 3.35. The van der Waals surface area contributed by atoms with Gasteiger partial charge in [0.2, 0.25) is 11.8 Å². The Morgan fingerprint density at radius 3 is 2.56 bits per heavy atom. The average Bonchev–Trinajstić information content (AvgIpc) is 3.05. The number of nitrogens with one attached hydrogen (secondary N) is 1. The van der Waals surface area contributed by atoms with Crippen LogP contribution in [0.15, 0.2) is 24.3 Å². The van der Waals surface area contributed by atoms with Crippen molar-refractivity contribution in [2.75, 3.05) is 14.2 Å². The number of imide groups is 1. The molecule has 25 heavy (non-hydrogen) atoms.